The Balaban J connectivity index is 1.91. The average Bonchev–Trinajstić information content (AvgIpc) is 2.48. The third-order valence-corrected chi connectivity index (χ3v) is 6.22. The molecule has 1 fully saturated rings. The summed E-state index contributed by atoms with van der Waals surface area (Å²) in [6.07, 6.45) is 2.32. The maximum absolute atomic E-state index is 12.2. The van der Waals surface area contributed by atoms with Crippen LogP contribution in [0.4, 0.5) is 0 Å². The second-order valence-corrected chi connectivity index (χ2v) is 8.09. The Kier molecular flexibility index (Phi) is 5.46. The quantitative estimate of drug-likeness (QED) is 0.898. The van der Waals surface area contributed by atoms with E-state index in [1.165, 1.54) is 18.2 Å². The number of nitrogens with zero attached hydrogens (tertiary/aromatic N) is 1. The van der Waals surface area contributed by atoms with Gasteiger partial charge in [0.2, 0.25) is 0 Å². The fourth-order valence-corrected chi connectivity index (χ4v) is 4.50. The van der Waals surface area contributed by atoms with E-state index >= 15 is 0 Å². The second kappa shape index (κ2) is 7.11. The van der Waals surface area contributed by atoms with Gasteiger partial charge in [-0.15, -0.1) is 0 Å². The molecule has 1 N–H and O–H groups in total. The monoisotopic (exact) mass is 310 g/mol. The molecule has 0 bridgehead atoms. The van der Waals surface area contributed by atoms with Gasteiger partial charge < -0.3 is 5.32 Å². The largest absolute Gasteiger partial charge is 0.312 e. The molecule has 0 spiro atoms. The maximum atomic E-state index is 12.2. The molecule has 1 aromatic carbocycles. The first-order valence-electron chi connectivity index (χ1n) is 6.66. The molecule has 0 radical (unpaired) electrons. The highest BCUT2D eigenvalue weighted by molar-refractivity contribution is 7.99. The van der Waals surface area contributed by atoms with Crippen LogP contribution in [-0.2, 0) is 9.84 Å². The van der Waals surface area contributed by atoms with Gasteiger partial charge in [0.05, 0.1) is 22.3 Å². The number of thioether (sulfide) groups is 1. The Bertz CT molecular complexity index is 587. The minimum absolute atomic E-state index is 0.0725. The van der Waals surface area contributed by atoms with Gasteiger partial charge in [0.15, 0.2) is 9.84 Å². The van der Waals surface area contributed by atoms with Crippen molar-refractivity contribution in [1.82, 2.24) is 5.32 Å². The molecule has 6 heteroatoms. The summed E-state index contributed by atoms with van der Waals surface area (Å²) < 4.78 is 24.4. The molecule has 108 valence electrons. The highest BCUT2D eigenvalue weighted by Gasteiger charge is 2.17. The van der Waals surface area contributed by atoms with Crippen molar-refractivity contribution >= 4 is 21.6 Å². The van der Waals surface area contributed by atoms with Gasteiger partial charge in [0, 0.05) is 18.3 Å². The van der Waals surface area contributed by atoms with Gasteiger partial charge >= 0.3 is 0 Å². The molecule has 0 aliphatic carbocycles. The van der Waals surface area contributed by atoms with E-state index in [0.717, 1.165) is 12.2 Å². The summed E-state index contributed by atoms with van der Waals surface area (Å²) in [5.41, 5.74) is 0.378. The Morgan fingerprint density at radius 1 is 1.45 bits per heavy atom. The van der Waals surface area contributed by atoms with Crippen LogP contribution in [0.15, 0.2) is 29.2 Å². The van der Waals surface area contributed by atoms with Gasteiger partial charge in [-0.25, -0.2) is 8.42 Å². The van der Waals surface area contributed by atoms with Crippen LogP contribution in [0.1, 0.15) is 18.4 Å². The van der Waals surface area contributed by atoms with E-state index in [1.54, 1.807) is 18.2 Å². The molecule has 1 aromatic rings. The molecule has 1 saturated heterocycles. The number of rotatable bonds is 5. The highest BCUT2D eigenvalue weighted by atomic mass is 32.2. The fourth-order valence-electron chi connectivity index (χ4n) is 2.18. The third kappa shape index (κ3) is 4.23. The minimum atomic E-state index is -3.31. The minimum Gasteiger partial charge on any atom is -0.312 e. The number of nitriles is 1. The van der Waals surface area contributed by atoms with Crippen LogP contribution in [0, 0.1) is 11.3 Å². The number of hydrogen-bond donors (Lipinski definition) is 1. The second-order valence-electron chi connectivity index (χ2n) is 4.83. The van der Waals surface area contributed by atoms with Crippen molar-refractivity contribution < 1.29 is 8.42 Å². The molecule has 0 aromatic heterocycles. The van der Waals surface area contributed by atoms with E-state index in [9.17, 15) is 8.42 Å². The lowest BCUT2D eigenvalue weighted by molar-refractivity contribution is 0.519. The van der Waals surface area contributed by atoms with Crippen LogP contribution >= 0.6 is 11.8 Å². The first-order chi connectivity index (χ1) is 9.62. The van der Waals surface area contributed by atoms with Crippen molar-refractivity contribution in [1.29, 1.82) is 5.26 Å². The smallest absolute Gasteiger partial charge is 0.179 e. The van der Waals surface area contributed by atoms with Gasteiger partial charge in [0.1, 0.15) is 0 Å². The summed E-state index contributed by atoms with van der Waals surface area (Å²) >= 11 is 1.91. The van der Waals surface area contributed by atoms with Crippen LogP contribution in [0.3, 0.4) is 0 Å². The standard InChI is InChI=1S/C14H18N2O2S2/c15-10-12-3-1-5-14(9-12)20(17,18)8-6-16-13-4-2-7-19-11-13/h1,3,5,9,13,16H,2,4,6-8,11H2. The summed E-state index contributed by atoms with van der Waals surface area (Å²) in [7, 11) is -3.31. The summed E-state index contributed by atoms with van der Waals surface area (Å²) in [4.78, 5) is 0.233. The Morgan fingerprint density at radius 2 is 2.30 bits per heavy atom. The van der Waals surface area contributed by atoms with Crippen LogP contribution in [0.5, 0.6) is 0 Å². The molecular weight excluding hydrogens is 292 g/mol. The number of nitrogens with one attached hydrogen (secondary N) is 1. The molecule has 4 nitrogen and oxygen atoms in total. The van der Waals surface area contributed by atoms with Crippen molar-refractivity contribution in [2.45, 2.75) is 23.8 Å². The molecule has 0 amide bonds. The van der Waals surface area contributed by atoms with Crippen molar-refractivity contribution in [3.05, 3.63) is 29.8 Å². The lowest BCUT2D eigenvalue weighted by atomic mass is 10.2. The molecular formula is C14H18N2O2S2. The van der Waals surface area contributed by atoms with E-state index in [-0.39, 0.29) is 10.6 Å². The predicted octanol–water partition coefficient (Wildman–Crippen LogP) is 1.82. The lowest BCUT2D eigenvalue weighted by Gasteiger charge is -2.22. The number of benzene rings is 1. The van der Waals surface area contributed by atoms with Crippen LogP contribution in [0.25, 0.3) is 0 Å². The van der Waals surface area contributed by atoms with Crippen molar-refractivity contribution in [3.63, 3.8) is 0 Å². The van der Waals surface area contributed by atoms with Gasteiger partial charge in [-0.05, 0) is 36.8 Å². The zero-order valence-corrected chi connectivity index (χ0v) is 12.8. The highest BCUT2D eigenvalue weighted by Crippen LogP contribution is 2.17. The summed E-state index contributed by atoms with van der Waals surface area (Å²) in [6, 6.07) is 8.59. The van der Waals surface area contributed by atoms with Gasteiger partial charge in [-0.3, -0.25) is 0 Å². The molecule has 0 saturated carbocycles. The SMILES string of the molecule is N#Cc1cccc(S(=O)(=O)CCNC2CCCSC2)c1. The summed E-state index contributed by atoms with van der Waals surface area (Å²) in [5, 5.41) is 12.1. The van der Waals surface area contributed by atoms with Gasteiger partial charge in [-0.1, -0.05) is 6.07 Å². The zero-order chi connectivity index (χ0) is 14.4. The van der Waals surface area contributed by atoms with E-state index < -0.39 is 9.84 Å². The van der Waals surface area contributed by atoms with Crippen molar-refractivity contribution in [3.8, 4) is 6.07 Å². The van der Waals surface area contributed by atoms with Gasteiger partial charge in [-0.2, -0.15) is 17.0 Å². The molecule has 2 rings (SSSR count). The molecule has 1 atom stereocenters. The first-order valence-corrected chi connectivity index (χ1v) is 9.46. The molecule has 1 aliphatic rings. The average molecular weight is 310 g/mol. The Morgan fingerprint density at radius 3 is 3.00 bits per heavy atom. The molecule has 1 unspecified atom stereocenters. The van der Waals surface area contributed by atoms with Crippen LogP contribution in [0.2, 0.25) is 0 Å². The lowest BCUT2D eigenvalue weighted by Crippen LogP contribution is -2.36. The van der Waals surface area contributed by atoms with E-state index in [0.29, 0.717) is 18.2 Å². The normalized spacial score (nSPS) is 19.4. The maximum Gasteiger partial charge on any atom is 0.179 e. The van der Waals surface area contributed by atoms with Crippen LogP contribution in [-0.4, -0.2) is 38.3 Å². The number of hydrogen-bond acceptors (Lipinski definition) is 5. The van der Waals surface area contributed by atoms with Crippen molar-refractivity contribution in [2.75, 3.05) is 23.8 Å². The Labute approximate surface area is 124 Å². The number of sulfone groups is 1. The zero-order valence-electron chi connectivity index (χ0n) is 11.2. The van der Waals surface area contributed by atoms with E-state index in [1.807, 2.05) is 17.8 Å². The molecule has 1 heterocycles. The topological polar surface area (TPSA) is 70.0 Å². The van der Waals surface area contributed by atoms with Crippen molar-refractivity contribution in [2.24, 2.45) is 0 Å². The third-order valence-electron chi connectivity index (χ3n) is 3.29. The van der Waals surface area contributed by atoms with Gasteiger partial charge in [0.25, 0.3) is 0 Å². The fraction of sp³-hybridized carbons (Fsp3) is 0.500. The first kappa shape index (κ1) is 15.4. The van der Waals surface area contributed by atoms with E-state index in [2.05, 4.69) is 5.32 Å². The molecule has 20 heavy (non-hydrogen) atoms. The molecule has 1 aliphatic heterocycles. The Hall–Kier alpha value is -1.03. The summed E-state index contributed by atoms with van der Waals surface area (Å²) in [6.45, 7) is 0.463. The van der Waals surface area contributed by atoms with E-state index in [4.69, 9.17) is 5.26 Å². The van der Waals surface area contributed by atoms with Crippen LogP contribution < -0.4 is 5.32 Å². The predicted molar refractivity (Wildman–Crippen MR) is 81.6 cm³/mol. The summed E-state index contributed by atoms with van der Waals surface area (Å²) in [5.74, 6) is 2.34.